The molecule has 1 unspecified atom stereocenters. The van der Waals surface area contributed by atoms with Gasteiger partial charge in [0.2, 0.25) is 0 Å². The molecule has 1 aromatic heterocycles. The van der Waals surface area contributed by atoms with Gasteiger partial charge in [-0.2, -0.15) is 5.26 Å². The number of aromatic nitrogens is 2. The number of hydrogen-bond donors (Lipinski definition) is 0. The summed E-state index contributed by atoms with van der Waals surface area (Å²) in [4.78, 5) is 18.4. The highest BCUT2D eigenvalue weighted by Gasteiger charge is 2.24. The lowest BCUT2D eigenvalue weighted by Crippen LogP contribution is -2.37. The molecule has 5 nitrogen and oxygen atoms in total. The highest BCUT2D eigenvalue weighted by molar-refractivity contribution is 5.95. The zero-order valence-electron chi connectivity index (χ0n) is 14.2. The number of nitrogens with zero attached hydrogens (tertiary/aromatic N) is 4. The first-order chi connectivity index (χ1) is 11.6. The highest BCUT2D eigenvalue weighted by atomic mass is 16.1. The van der Waals surface area contributed by atoms with E-state index >= 15 is 0 Å². The first-order valence-electron chi connectivity index (χ1n) is 8.45. The lowest BCUT2D eigenvalue weighted by molar-refractivity contribution is 0.101. The summed E-state index contributed by atoms with van der Waals surface area (Å²) in [6.45, 7) is 5.41. The van der Waals surface area contributed by atoms with Gasteiger partial charge in [-0.15, -0.1) is 0 Å². The molecule has 1 aromatic carbocycles. The molecule has 0 bridgehead atoms. The van der Waals surface area contributed by atoms with Gasteiger partial charge in [-0.25, -0.2) is 4.98 Å². The van der Waals surface area contributed by atoms with Crippen molar-refractivity contribution in [1.29, 1.82) is 5.26 Å². The second-order valence-corrected chi connectivity index (χ2v) is 6.25. The third-order valence-electron chi connectivity index (χ3n) is 4.72. The van der Waals surface area contributed by atoms with Crippen LogP contribution in [-0.4, -0.2) is 28.4 Å². The average Bonchev–Trinajstić information content (AvgIpc) is 3.10. The number of ketones is 1. The van der Waals surface area contributed by atoms with Crippen LogP contribution in [0.2, 0.25) is 0 Å². The molecule has 1 aliphatic rings. The molecule has 5 heteroatoms. The number of hydrogen-bond acceptors (Lipinski definition) is 4. The van der Waals surface area contributed by atoms with Crippen LogP contribution in [0.3, 0.4) is 0 Å². The summed E-state index contributed by atoms with van der Waals surface area (Å²) in [5.41, 5.74) is 2.15. The molecule has 3 rings (SSSR count). The maximum atomic E-state index is 11.7. The molecule has 1 fully saturated rings. The van der Waals surface area contributed by atoms with E-state index in [2.05, 4.69) is 27.4 Å². The van der Waals surface area contributed by atoms with Crippen LogP contribution in [0.5, 0.6) is 0 Å². The average molecular weight is 322 g/mol. The molecular formula is C19H22N4O. The number of aryl methyl sites for hydroxylation is 1. The summed E-state index contributed by atoms with van der Waals surface area (Å²) in [6.07, 6.45) is 6.97. The number of benzene rings is 1. The van der Waals surface area contributed by atoms with Crippen molar-refractivity contribution >= 4 is 11.5 Å². The van der Waals surface area contributed by atoms with Gasteiger partial charge in [0.25, 0.3) is 0 Å². The molecule has 124 valence electrons. The molecule has 0 saturated carbocycles. The van der Waals surface area contributed by atoms with E-state index in [1.54, 1.807) is 19.1 Å². The van der Waals surface area contributed by atoms with Gasteiger partial charge in [0.15, 0.2) is 5.78 Å². The van der Waals surface area contributed by atoms with E-state index in [0.29, 0.717) is 17.2 Å². The minimum atomic E-state index is 0.0252. The summed E-state index contributed by atoms with van der Waals surface area (Å²) in [5.74, 6) is 1.12. The Bertz CT molecular complexity index is 787. The van der Waals surface area contributed by atoms with Crippen LogP contribution in [0.25, 0.3) is 0 Å². The lowest BCUT2D eigenvalue weighted by atomic mass is 10.0. The quantitative estimate of drug-likeness (QED) is 0.810. The normalized spacial score (nSPS) is 17.5. The summed E-state index contributed by atoms with van der Waals surface area (Å²) >= 11 is 0. The molecule has 1 saturated heterocycles. The zero-order chi connectivity index (χ0) is 17.1. The number of piperidine rings is 1. The number of anilines is 1. The van der Waals surface area contributed by atoms with E-state index in [4.69, 9.17) is 0 Å². The number of carbonyl (C=O) groups is 1. The Kier molecular flexibility index (Phi) is 4.66. The van der Waals surface area contributed by atoms with Crippen molar-refractivity contribution in [3.8, 4) is 6.07 Å². The number of rotatable bonds is 4. The summed E-state index contributed by atoms with van der Waals surface area (Å²) in [7, 11) is 0. The molecule has 2 aromatic rings. The number of Topliss-reactive ketones (excluding diaryl/α,β-unsaturated/α-hetero) is 1. The van der Waals surface area contributed by atoms with Gasteiger partial charge in [-0.05, 0) is 38.0 Å². The van der Waals surface area contributed by atoms with E-state index < -0.39 is 0 Å². The van der Waals surface area contributed by atoms with E-state index in [1.807, 2.05) is 18.5 Å². The van der Waals surface area contributed by atoms with E-state index in [-0.39, 0.29) is 5.78 Å². The Morgan fingerprint density at radius 1 is 1.46 bits per heavy atom. The fourth-order valence-electron chi connectivity index (χ4n) is 3.46. The summed E-state index contributed by atoms with van der Waals surface area (Å²) < 4.78 is 2.26. The molecular weight excluding hydrogens is 300 g/mol. The Labute approximate surface area is 142 Å². The van der Waals surface area contributed by atoms with Crippen LogP contribution >= 0.6 is 0 Å². The van der Waals surface area contributed by atoms with E-state index in [1.165, 1.54) is 0 Å². The van der Waals surface area contributed by atoms with Crippen LogP contribution < -0.4 is 4.90 Å². The Morgan fingerprint density at radius 2 is 2.29 bits per heavy atom. The fourth-order valence-corrected chi connectivity index (χ4v) is 3.46. The maximum Gasteiger partial charge on any atom is 0.159 e. The van der Waals surface area contributed by atoms with Crippen molar-refractivity contribution in [2.45, 2.75) is 39.2 Å². The van der Waals surface area contributed by atoms with Gasteiger partial charge in [0.05, 0.1) is 17.3 Å². The van der Waals surface area contributed by atoms with Gasteiger partial charge in [-0.1, -0.05) is 6.92 Å². The molecule has 0 amide bonds. The molecule has 0 aliphatic carbocycles. The standard InChI is InChI=1S/C19H22N4O/c1-3-19-21-8-10-23(19)17-5-4-9-22(13-17)18-11-15(14(2)24)6-7-16(18)12-20/h6-8,10-11,17H,3-5,9,13H2,1-2H3. The second-order valence-electron chi connectivity index (χ2n) is 6.25. The largest absolute Gasteiger partial charge is 0.368 e. The SMILES string of the molecule is CCc1nccn1C1CCCN(c2cc(C(C)=O)ccc2C#N)C1. The Hall–Kier alpha value is -2.61. The molecule has 1 atom stereocenters. The van der Waals surface area contributed by atoms with Crippen molar-refractivity contribution in [2.24, 2.45) is 0 Å². The second kappa shape index (κ2) is 6.88. The van der Waals surface area contributed by atoms with Gasteiger partial charge < -0.3 is 9.47 Å². The van der Waals surface area contributed by atoms with E-state index in [9.17, 15) is 10.1 Å². The summed E-state index contributed by atoms with van der Waals surface area (Å²) in [5, 5.41) is 9.43. The maximum absolute atomic E-state index is 11.7. The Morgan fingerprint density at radius 3 is 3.00 bits per heavy atom. The van der Waals surface area contributed by atoms with Crippen molar-refractivity contribution in [3.05, 3.63) is 47.5 Å². The first-order valence-corrected chi connectivity index (χ1v) is 8.45. The Balaban J connectivity index is 1.91. The molecule has 24 heavy (non-hydrogen) atoms. The third-order valence-corrected chi connectivity index (χ3v) is 4.72. The monoisotopic (exact) mass is 322 g/mol. The molecule has 0 spiro atoms. The van der Waals surface area contributed by atoms with Gasteiger partial charge >= 0.3 is 0 Å². The third kappa shape index (κ3) is 3.05. The van der Waals surface area contributed by atoms with Crippen molar-refractivity contribution in [3.63, 3.8) is 0 Å². The first kappa shape index (κ1) is 16.3. The van der Waals surface area contributed by atoms with Crippen molar-refractivity contribution < 1.29 is 4.79 Å². The predicted octanol–water partition coefficient (Wildman–Crippen LogP) is 3.36. The number of imidazole rings is 1. The minimum Gasteiger partial charge on any atom is -0.368 e. The predicted molar refractivity (Wildman–Crippen MR) is 93.3 cm³/mol. The van der Waals surface area contributed by atoms with Gasteiger partial charge in [0, 0.05) is 37.5 Å². The van der Waals surface area contributed by atoms with Crippen molar-refractivity contribution in [1.82, 2.24) is 9.55 Å². The molecule has 0 N–H and O–H groups in total. The smallest absolute Gasteiger partial charge is 0.159 e. The van der Waals surface area contributed by atoms with Gasteiger partial charge in [-0.3, -0.25) is 4.79 Å². The molecule has 1 aliphatic heterocycles. The van der Waals surface area contributed by atoms with Crippen LogP contribution in [0.1, 0.15) is 54.5 Å². The number of carbonyl (C=O) groups excluding carboxylic acids is 1. The molecule has 0 radical (unpaired) electrons. The zero-order valence-corrected chi connectivity index (χ0v) is 14.2. The minimum absolute atomic E-state index is 0.0252. The fraction of sp³-hybridized carbons (Fsp3) is 0.421. The number of nitriles is 1. The lowest BCUT2D eigenvalue weighted by Gasteiger charge is -2.36. The van der Waals surface area contributed by atoms with Crippen molar-refractivity contribution in [2.75, 3.05) is 18.0 Å². The van der Waals surface area contributed by atoms with Crippen LogP contribution in [-0.2, 0) is 6.42 Å². The summed E-state index contributed by atoms with van der Waals surface area (Å²) in [6, 6.07) is 7.96. The highest BCUT2D eigenvalue weighted by Crippen LogP contribution is 2.30. The topological polar surface area (TPSA) is 61.9 Å². The van der Waals surface area contributed by atoms with E-state index in [0.717, 1.165) is 43.9 Å². The van der Waals surface area contributed by atoms with Gasteiger partial charge in [0.1, 0.15) is 11.9 Å². The van der Waals surface area contributed by atoms with Crippen LogP contribution in [0, 0.1) is 11.3 Å². The van der Waals surface area contributed by atoms with Crippen LogP contribution in [0.4, 0.5) is 5.69 Å². The van der Waals surface area contributed by atoms with Crippen LogP contribution in [0.15, 0.2) is 30.6 Å². The molecule has 2 heterocycles.